The van der Waals surface area contributed by atoms with Crippen molar-refractivity contribution >= 4 is 33.1 Å². The van der Waals surface area contributed by atoms with Crippen LogP contribution in [0.5, 0.6) is 0 Å². The predicted molar refractivity (Wildman–Crippen MR) is 116 cm³/mol. The Labute approximate surface area is 172 Å². The highest BCUT2D eigenvalue weighted by Gasteiger charge is 2.56. The van der Waals surface area contributed by atoms with E-state index in [-0.39, 0.29) is 16.1 Å². The molecule has 29 heavy (non-hydrogen) atoms. The van der Waals surface area contributed by atoms with Crippen LogP contribution in [0.25, 0.3) is 0 Å². The first-order chi connectivity index (χ1) is 14.1. The van der Waals surface area contributed by atoms with Gasteiger partial charge >= 0.3 is 5.24 Å². The van der Waals surface area contributed by atoms with E-state index in [0.717, 1.165) is 5.82 Å². The Hall–Kier alpha value is -2.68. The zero-order valence-corrected chi connectivity index (χ0v) is 17.2. The number of piperazine rings is 1. The topological polar surface area (TPSA) is 66.0 Å². The van der Waals surface area contributed by atoms with Gasteiger partial charge in [0.2, 0.25) is 0 Å². The molecule has 0 bridgehead atoms. The van der Waals surface area contributed by atoms with E-state index in [0.29, 0.717) is 38.5 Å². The SMILES string of the molecule is C=C1C(=O)N(c2ccccc2)C(=O)S1(OCC)N1CCN(c2ccccn2)CC1. The minimum Gasteiger partial charge on any atom is -0.354 e. The summed E-state index contributed by atoms with van der Waals surface area (Å²) in [5.74, 6) is 0.531. The molecule has 1 unspecified atom stereocenters. The number of imide groups is 1. The van der Waals surface area contributed by atoms with Gasteiger partial charge in [-0.15, -0.1) is 0 Å². The summed E-state index contributed by atoms with van der Waals surface area (Å²) < 4.78 is 8.10. The third kappa shape index (κ3) is 3.23. The van der Waals surface area contributed by atoms with E-state index in [9.17, 15) is 9.59 Å². The summed E-state index contributed by atoms with van der Waals surface area (Å²) in [5, 5.41) is -0.313. The molecule has 2 aliphatic rings. The number of hydrogen-bond donors (Lipinski definition) is 0. The van der Waals surface area contributed by atoms with Crippen LogP contribution in [0.1, 0.15) is 6.92 Å². The monoisotopic (exact) mass is 412 g/mol. The predicted octanol–water partition coefficient (Wildman–Crippen LogP) is 3.56. The molecule has 0 saturated carbocycles. The average Bonchev–Trinajstić information content (AvgIpc) is 2.96. The van der Waals surface area contributed by atoms with Crippen LogP contribution in [0.4, 0.5) is 16.3 Å². The summed E-state index contributed by atoms with van der Waals surface area (Å²) in [5.41, 5.74) is 0.546. The first-order valence-corrected chi connectivity index (χ1v) is 11.1. The molecule has 1 atom stereocenters. The van der Waals surface area contributed by atoms with Crippen LogP contribution in [0.3, 0.4) is 0 Å². The normalized spacial score (nSPS) is 25.3. The number of hydrogen-bond acceptors (Lipinski definition) is 6. The Kier molecular flexibility index (Phi) is 5.40. The molecule has 3 heterocycles. The molecular weight excluding hydrogens is 388 g/mol. The number of amides is 2. The smallest absolute Gasteiger partial charge is 0.315 e. The van der Waals surface area contributed by atoms with Gasteiger partial charge < -0.3 is 9.08 Å². The fourth-order valence-corrected chi connectivity index (χ4v) is 6.62. The second-order valence-corrected chi connectivity index (χ2v) is 9.35. The van der Waals surface area contributed by atoms with E-state index in [2.05, 4.69) is 16.5 Å². The number of pyridine rings is 1. The Balaban J connectivity index is 1.62. The molecule has 0 spiro atoms. The molecule has 1 aromatic heterocycles. The minimum atomic E-state index is -2.59. The van der Waals surface area contributed by atoms with Crippen LogP contribution in [0.15, 0.2) is 66.2 Å². The molecule has 2 fully saturated rings. The fraction of sp³-hybridized carbons (Fsp3) is 0.286. The standard InChI is InChI=1S/C21H24N4O3S/c1-3-28-29(24-15-13-23(14-16-24)19-11-7-8-12-22-19)17(2)20(26)25(21(29)27)18-9-5-4-6-10-18/h4-12H,2-3,13-16H2,1H3. The van der Waals surface area contributed by atoms with Crippen LogP contribution in [0.2, 0.25) is 0 Å². The van der Waals surface area contributed by atoms with Gasteiger partial charge in [0.15, 0.2) is 0 Å². The lowest BCUT2D eigenvalue weighted by Gasteiger charge is -2.46. The molecule has 4 rings (SSSR count). The Morgan fingerprint density at radius 3 is 2.34 bits per heavy atom. The second-order valence-electron chi connectivity index (χ2n) is 6.70. The van der Waals surface area contributed by atoms with Crippen molar-refractivity contribution in [2.24, 2.45) is 0 Å². The van der Waals surface area contributed by atoms with E-state index in [4.69, 9.17) is 4.18 Å². The quantitative estimate of drug-likeness (QED) is 0.700. The van der Waals surface area contributed by atoms with Crippen molar-refractivity contribution in [2.75, 3.05) is 42.6 Å². The van der Waals surface area contributed by atoms with Gasteiger partial charge in [0, 0.05) is 42.9 Å². The van der Waals surface area contributed by atoms with Crippen molar-refractivity contribution in [1.29, 1.82) is 0 Å². The maximum atomic E-state index is 13.6. The van der Waals surface area contributed by atoms with Gasteiger partial charge in [-0.05, 0) is 31.2 Å². The number of benzene rings is 1. The van der Waals surface area contributed by atoms with Gasteiger partial charge in [0.1, 0.15) is 5.82 Å². The van der Waals surface area contributed by atoms with Crippen molar-refractivity contribution in [1.82, 2.24) is 9.29 Å². The second kappa shape index (κ2) is 7.98. The lowest BCUT2D eigenvalue weighted by atomic mass is 10.3. The zero-order valence-electron chi connectivity index (χ0n) is 16.4. The molecule has 2 amide bonds. The highest BCUT2D eigenvalue weighted by Crippen LogP contribution is 2.65. The van der Waals surface area contributed by atoms with Crippen LogP contribution in [-0.4, -0.2) is 53.2 Å². The van der Waals surface area contributed by atoms with Crippen LogP contribution in [-0.2, 0) is 8.98 Å². The summed E-state index contributed by atoms with van der Waals surface area (Å²) in [7, 11) is -2.59. The summed E-state index contributed by atoms with van der Waals surface area (Å²) >= 11 is 0. The fourth-order valence-electron chi connectivity index (χ4n) is 3.70. The minimum absolute atomic E-state index is 0.250. The molecule has 7 nitrogen and oxygen atoms in total. The van der Waals surface area contributed by atoms with E-state index in [1.165, 1.54) is 4.90 Å². The van der Waals surface area contributed by atoms with Crippen LogP contribution in [0, 0.1) is 0 Å². The van der Waals surface area contributed by atoms with Crippen molar-refractivity contribution in [2.45, 2.75) is 6.92 Å². The Morgan fingerprint density at radius 1 is 1.03 bits per heavy atom. The van der Waals surface area contributed by atoms with E-state index < -0.39 is 10.5 Å². The lowest BCUT2D eigenvalue weighted by Crippen LogP contribution is -2.49. The summed E-state index contributed by atoms with van der Waals surface area (Å²) in [4.78, 5) is 34.7. The zero-order chi connectivity index (χ0) is 20.4. The Morgan fingerprint density at radius 2 is 1.72 bits per heavy atom. The first-order valence-electron chi connectivity index (χ1n) is 9.61. The van der Waals surface area contributed by atoms with E-state index in [1.54, 1.807) is 30.5 Å². The van der Waals surface area contributed by atoms with Crippen molar-refractivity contribution in [3.63, 3.8) is 0 Å². The number of nitrogens with zero attached hydrogens (tertiary/aromatic N) is 4. The number of carbonyl (C=O) groups excluding carboxylic acids is 2. The first kappa shape index (κ1) is 19.6. The van der Waals surface area contributed by atoms with Gasteiger partial charge in [-0.25, -0.2) is 14.2 Å². The molecule has 0 N–H and O–H groups in total. The van der Waals surface area contributed by atoms with Gasteiger partial charge in [0.05, 0.1) is 17.2 Å². The Bertz CT molecular complexity index is 916. The van der Waals surface area contributed by atoms with Crippen LogP contribution >= 0.6 is 10.5 Å². The molecule has 2 saturated heterocycles. The van der Waals surface area contributed by atoms with Gasteiger partial charge in [-0.1, -0.05) is 30.8 Å². The third-order valence-electron chi connectivity index (χ3n) is 5.07. The van der Waals surface area contributed by atoms with Crippen molar-refractivity contribution < 1.29 is 13.8 Å². The van der Waals surface area contributed by atoms with Gasteiger partial charge in [-0.2, -0.15) is 0 Å². The number of anilines is 2. The molecule has 0 radical (unpaired) electrons. The average molecular weight is 413 g/mol. The number of carbonyl (C=O) groups is 2. The van der Waals surface area contributed by atoms with Crippen molar-refractivity contribution in [3.05, 3.63) is 66.2 Å². The molecular formula is C21H24N4O3S. The molecule has 152 valence electrons. The van der Waals surface area contributed by atoms with E-state index >= 15 is 0 Å². The number of para-hydroxylation sites is 1. The molecule has 2 aliphatic heterocycles. The maximum Gasteiger partial charge on any atom is 0.315 e. The summed E-state index contributed by atoms with van der Waals surface area (Å²) in [6, 6.07) is 14.8. The molecule has 8 heteroatoms. The summed E-state index contributed by atoms with van der Waals surface area (Å²) in [6.07, 6.45) is 1.77. The van der Waals surface area contributed by atoms with Gasteiger partial charge in [0.25, 0.3) is 5.91 Å². The molecule has 2 aromatic rings. The number of aromatic nitrogens is 1. The maximum absolute atomic E-state index is 13.6. The van der Waals surface area contributed by atoms with Crippen molar-refractivity contribution in [3.8, 4) is 0 Å². The highest BCUT2D eigenvalue weighted by atomic mass is 32.3. The number of rotatable bonds is 5. The largest absolute Gasteiger partial charge is 0.354 e. The summed E-state index contributed by atoms with van der Waals surface area (Å²) in [6.45, 7) is 8.76. The highest BCUT2D eigenvalue weighted by molar-refractivity contribution is 8.44. The van der Waals surface area contributed by atoms with Crippen LogP contribution < -0.4 is 9.80 Å². The van der Waals surface area contributed by atoms with E-state index in [1.807, 2.05) is 35.5 Å². The van der Waals surface area contributed by atoms with Gasteiger partial charge in [-0.3, -0.25) is 9.59 Å². The molecule has 1 aromatic carbocycles. The lowest BCUT2D eigenvalue weighted by molar-refractivity contribution is -0.113. The third-order valence-corrected chi connectivity index (χ3v) is 8.24. The molecule has 0 aliphatic carbocycles.